The zero-order chi connectivity index (χ0) is 20.8. The summed E-state index contributed by atoms with van der Waals surface area (Å²) in [6, 6.07) is 14.3. The predicted octanol–water partition coefficient (Wildman–Crippen LogP) is 4.21. The van der Waals surface area contributed by atoms with Gasteiger partial charge in [0.15, 0.2) is 11.5 Å². The monoisotopic (exact) mass is 428 g/mol. The molecule has 160 valence electrons. The lowest BCUT2D eigenvalue weighted by molar-refractivity contribution is -0.122. The lowest BCUT2D eigenvalue weighted by Crippen LogP contribution is -2.44. The molecule has 0 aromatic heterocycles. The maximum Gasteiger partial charge on any atom is 0.220 e. The third-order valence-electron chi connectivity index (χ3n) is 5.72. The number of nitrogens with zero attached hydrogens (tertiary/aromatic N) is 1. The Morgan fingerprint density at radius 3 is 2.47 bits per heavy atom. The standard InChI is InChI=1S/C24H29ClN2O3/c25-20-6-2-19(3-7-20)17-27-12-10-21(11-13-27)26-24(28)9-5-18-4-8-22-23(16-18)30-15-1-14-29-22/h2-4,6-8,16,21H,1,5,9-15,17H2,(H,26,28). The summed E-state index contributed by atoms with van der Waals surface area (Å²) in [4.78, 5) is 14.9. The molecule has 30 heavy (non-hydrogen) atoms. The maximum absolute atomic E-state index is 12.4. The second-order valence-electron chi connectivity index (χ2n) is 8.08. The van der Waals surface area contributed by atoms with Crippen LogP contribution in [0, 0.1) is 0 Å². The Balaban J connectivity index is 1.19. The van der Waals surface area contributed by atoms with Crippen LogP contribution in [0.4, 0.5) is 0 Å². The highest BCUT2D eigenvalue weighted by Crippen LogP contribution is 2.30. The van der Waals surface area contributed by atoms with Gasteiger partial charge in [-0.25, -0.2) is 0 Å². The summed E-state index contributed by atoms with van der Waals surface area (Å²) in [5.41, 5.74) is 2.38. The number of amides is 1. The van der Waals surface area contributed by atoms with E-state index in [1.165, 1.54) is 5.56 Å². The molecule has 2 aliphatic heterocycles. The Labute approximate surface area is 183 Å². The lowest BCUT2D eigenvalue weighted by atomic mass is 10.0. The minimum Gasteiger partial charge on any atom is -0.490 e. The van der Waals surface area contributed by atoms with E-state index in [0.717, 1.165) is 61.0 Å². The number of carbonyl (C=O) groups is 1. The van der Waals surface area contributed by atoms with Gasteiger partial charge in [-0.3, -0.25) is 9.69 Å². The molecule has 6 heteroatoms. The Morgan fingerprint density at radius 1 is 1.00 bits per heavy atom. The van der Waals surface area contributed by atoms with Crippen LogP contribution in [-0.2, 0) is 17.8 Å². The van der Waals surface area contributed by atoms with Crippen LogP contribution in [0.15, 0.2) is 42.5 Å². The zero-order valence-electron chi connectivity index (χ0n) is 17.2. The first kappa shape index (κ1) is 21.0. The molecule has 2 aromatic carbocycles. The number of fused-ring (bicyclic) bond motifs is 1. The van der Waals surface area contributed by atoms with Gasteiger partial charge in [-0.1, -0.05) is 29.8 Å². The topological polar surface area (TPSA) is 50.8 Å². The van der Waals surface area contributed by atoms with E-state index in [1.54, 1.807) is 0 Å². The number of hydrogen-bond acceptors (Lipinski definition) is 4. The minimum atomic E-state index is 0.123. The minimum absolute atomic E-state index is 0.123. The van der Waals surface area contributed by atoms with Crippen LogP contribution in [0.5, 0.6) is 11.5 Å². The van der Waals surface area contributed by atoms with E-state index >= 15 is 0 Å². The van der Waals surface area contributed by atoms with Gasteiger partial charge < -0.3 is 14.8 Å². The quantitative estimate of drug-likeness (QED) is 0.748. The Kier molecular flexibility index (Phi) is 7.13. The van der Waals surface area contributed by atoms with Crippen LogP contribution in [0.3, 0.4) is 0 Å². The van der Waals surface area contributed by atoms with E-state index in [4.69, 9.17) is 21.1 Å². The first-order valence-electron chi connectivity index (χ1n) is 10.8. The van der Waals surface area contributed by atoms with Gasteiger partial charge >= 0.3 is 0 Å². The van der Waals surface area contributed by atoms with Crippen molar-refractivity contribution in [3.63, 3.8) is 0 Å². The first-order valence-corrected chi connectivity index (χ1v) is 11.2. The van der Waals surface area contributed by atoms with Crippen molar-refractivity contribution in [2.24, 2.45) is 0 Å². The summed E-state index contributed by atoms with van der Waals surface area (Å²) in [6.45, 7) is 4.29. The second kappa shape index (κ2) is 10.2. The van der Waals surface area contributed by atoms with E-state index in [9.17, 15) is 4.79 Å². The molecule has 1 fully saturated rings. The normalized spacial score (nSPS) is 17.4. The fourth-order valence-corrected chi connectivity index (χ4v) is 4.13. The van der Waals surface area contributed by atoms with Crippen LogP contribution < -0.4 is 14.8 Å². The number of likely N-dealkylation sites (tertiary alicyclic amines) is 1. The van der Waals surface area contributed by atoms with Crippen LogP contribution in [0.25, 0.3) is 0 Å². The highest BCUT2D eigenvalue weighted by molar-refractivity contribution is 6.30. The van der Waals surface area contributed by atoms with Crippen molar-refractivity contribution in [3.8, 4) is 11.5 Å². The predicted molar refractivity (Wildman–Crippen MR) is 118 cm³/mol. The third kappa shape index (κ3) is 5.89. The largest absolute Gasteiger partial charge is 0.490 e. The highest BCUT2D eigenvalue weighted by Gasteiger charge is 2.21. The molecule has 4 rings (SSSR count). The molecule has 1 amide bonds. The lowest BCUT2D eigenvalue weighted by Gasteiger charge is -2.32. The summed E-state index contributed by atoms with van der Waals surface area (Å²) in [7, 11) is 0. The van der Waals surface area contributed by atoms with Gasteiger partial charge in [0, 0.05) is 43.5 Å². The zero-order valence-corrected chi connectivity index (χ0v) is 18.0. The van der Waals surface area contributed by atoms with Crippen molar-refractivity contribution < 1.29 is 14.3 Å². The molecule has 1 N–H and O–H groups in total. The van der Waals surface area contributed by atoms with Gasteiger partial charge in [0.05, 0.1) is 13.2 Å². The second-order valence-corrected chi connectivity index (χ2v) is 8.51. The molecule has 0 radical (unpaired) electrons. The number of halogens is 1. The molecule has 1 saturated heterocycles. The number of ether oxygens (including phenoxy) is 2. The Morgan fingerprint density at radius 2 is 1.70 bits per heavy atom. The summed E-state index contributed by atoms with van der Waals surface area (Å²) in [6.07, 6.45) is 4.07. The summed E-state index contributed by atoms with van der Waals surface area (Å²) in [5, 5.41) is 3.98. The van der Waals surface area contributed by atoms with E-state index in [1.807, 2.05) is 30.3 Å². The smallest absolute Gasteiger partial charge is 0.220 e. The van der Waals surface area contributed by atoms with E-state index in [0.29, 0.717) is 26.1 Å². The number of aryl methyl sites for hydroxylation is 1. The van der Waals surface area contributed by atoms with Crippen molar-refractivity contribution in [2.45, 2.75) is 44.7 Å². The molecule has 0 aliphatic carbocycles. The molecular weight excluding hydrogens is 400 g/mol. The van der Waals surface area contributed by atoms with E-state index < -0.39 is 0 Å². The van der Waals surface area contributed by atoms with Crippen LogP contribution in [0.1, 0.15) is 36.8 Å². The van der Waals surface area contributed by atoms with Gasteiger partial charge in [0.2, 0.25) is 5.91 Å². The van der Waals surface area contributed by atoms with Crippen LogP contribution in [-0.4, -0.2) is 43.2 Å². The average Bonchev–Trinajstić information content (AvgIpc) is 3.00. The molecule has 2 heterocycles. The van der Waals surface area contributed by atoms with E-state index in [2.05, 4.69) is 22.3 Å². The van der Waals surface area contributed by atoms with Crippen molar-refractivity contribution in [2.75, 3.05) is 26.3 Å². The van der Waals surface area contributed by atoms with Crippen LogP contribution >= 0.6 is 11.6 Å². The maximum atomic E-state index is 12.4. The Bertz CT molecular complexity index is 848. The van der Waals surface area contributed by atoms with Crippen molar-refractivity contribution in [1.29, 1.82) is 0 Å². The summed E-state index contributed by atoms with van der Waals surface area (Å²) in [5.74, 6) is 1.71. The highest BCUT2D eigenvalue weighted by atomic mass is 35.5. The van der Waals surface area contributed by atoms with Gasteiger partial charge in [-0.2, -0.15) is 0 Å². The van der Waals surface area contributed by atoms with Gasteiger partial charge in [-0.15, -0.1) is 0 Å². The molecule has 0 atom stereocenters. The number of piperidine rings is 1. The molecule has 0 saturated carbocycles. The van der Waals surface area contributed by atoms with E-state index in [-0.39, 0.29) is 11.9 Å². The number of rotatable bonds is 6. The van der Waals surface area contributed by atoms with Gasteiger partial charge in [-0.05, 0) is 54.7 Å². The molecule has 2 aliphatic rings. The summed E-state index contributed by atoms with van der Waals surface area (Å²) >= 11 is 5.96. The molecule has 2 aromatic rings. The number of benzene rings is 2. The van der Waals surface area contributed by atoms with Crippen LogP contribution in [0.2, 0.25) is 5.02 Å². The summed E-state index contributed by atoms with van der Waals surface area (Å²) < 4.78 is 11.4. The molecule has 0 unspecified atom stereocenters. The Hall–Kier alpha value is -2.24. The number of nitrogens with one attached hydrogen (secondary N) is 1. The van der Waals surface area contributed by atoms with Crippen molar-refractivity contribution in [1.82, 2.24) is 10.2 Å². The van der Waals surface area contributed by atoms with Crippen molar-refractivity contribution in [3.05, 3.63) is 58.6 Å². The fraction of sp³-hybridized carbons (Fsp3) is 0.458. The fourth-order valence-electron chi connectivity index (χ4n) is 4.00. The number of hydrogen-bond donors (Lipinski definition) is 1. The molecule has 5 nitrogen and oxygen atoms in total. The average molecular weight is 429 g/mol. The molecule has 0 bridgehead atoms. The SMILES string of the molecule is O=C(CCc1ccc2c(c1)OCCCO2)NC1CCN(Cc2ccc(Cl)cc2)CC1. The number of carbonyl (C=O) groups excluding carboxylic acids is 1. The molecule has 0 spiro atoms. The third-order valence-corrected chi connectivity index (χ3v) is 5.98. The van der Waals surface area contributed by atoms with Gasteiger partial charge in [0.25, 0.3) is 0 Å². The molecular formula is C24H29ClN2O3. The van der Waals surface area contributed by atoms with Gasteiger partial charge in [0.1, 0.15) is 0 Å². The van der Waals surface area contributed by atoms with Crippen molar-refractivity contribution >= 4 is 17.5 Å². The first-order chi connectivity index (χ1) is 14.7.